The molecule has 0 aliphatic carbocycles. The Morgan fingerprint density at radius 1 is 1.11 bits per heavy atom. The molecule has 0 unspecified atom stereocenters. The molecule has 1 aliphatic heterocycles. The average Bonchev–Trinajstić information content (AvgIpc) is 3.27. The number of aromatic nitrogens is 2. The van der Waals surface area contributed by atoms with Crippen LogP contribution in [-0.4, -0.2) is 40.0 Å². The van der Waals surface area contributed by atoms with E-state index in [1.165, 1.54) is 5.56 Å². The first-order chi connectivity index (χ1) is 17.5. The molecule has 7 nitrogen and oxygen atoms in total. The summed E-state index contributed by atoms with van der Waals surface area (Å²) in [5.41, 5.74) is 4.90. The monoisotopic (exact) mass is 478 g/mol. The fourth-order valence-electron chi connectivity index (χ4n) is 4.92. The molecule has 1 saturated heterocycles. The summed E-state index contributed by atoms with van der Waals surface area (Å²) >= 11 is 0. The third kappa shape index (κ3) is 4.95. The Morgan fingerprint density at radius 3 is 2.61 bits per heavy atom. The summed E-state index contributed by atoms with van der Waals surface area (Å²) in [7, 11) is 1.96. The molecule has 3 heterocycles. The van der Waals surface area contributed by atoms with E-state index in [1.807, 2.05) is 54.2 Å². The highest BCUT2D eigenvalue weighted by Gasteiger charge is 2.20. The average molecular weight is 479 g/mol. The predicted octanol–water partition coefficient (Wildman–Crippen LogP) is 5.64. The number of hydrogen-bond donors (Lipinski definition) is 2. The number of likely N-dealkylation sites (tertiary alicyclic amines) is 1. The summed E-state index contributed by atoms with van der Waals surface area (Å²) in [4.78, 5) is 19.7. The molecule has 1 fully saturated rings. The Kier molecular flexibility index (Phi) is 6.70. The summed E-state index contributed by atoms with van der Waals surface area (Å²) < 4.78 is 1.99. The van der Waals surface area contributed by atoms with Crippen molar-refractivity contribution >= 4 is 34.0 Å². The van der Waals surface area contributed by atoms with Crippen LogP contribution in [0.2, 0.25) is 0 Å². The van der Waals surface area contributed by atoms with E-state index in [-0.39, 0.29) is 5.91 Å². The van der Waals surface area contributed by atoms with Crippen molar-refractivity contribution < 1.29 is 4.79 Å². The van der Waals surface area contributed by atoms with Crippen molar-refractivity contribution in [1.82, 2.24) is 14.5 Å². The van der Waals surface area contributed by atoms with E-state index in [4.69, 9.17) is 0 Å². The number of carbonyl (C=O) groups is 1. The van der Waals surface area contributed by atoms with Crippen LogP contribution in [0.3, 0.4) is 0 Å². The molecule has 5 rings (SSSR count). The van der Waals surface area contributed by atoms with Gasteiger partial charge >= 0.3 is 0 Å². The molecule has 0 radical (unpaired) electrons. The Labute approximate surface area is 211 Å². The number of piperidine rings is 1. The number of nitrogens with one attached hydrogen (secondary N) is 2. The van der Waals surface area contributed by atoms with Crippen molar-refractivity contribution in [3.05, 3.63) is 83.7 Å². The van der Waals surface area contributed by atoms with E-state index in [1.54, 1.807) is 12.3 Å². The molecule has 182 valence electrons. The predicted molar refractivity (Wildman–Crippen MR) is 144 cm³/mol. The molecule has 2 aromatic heterocycles. The molecule has 2 N–H and O–H groups in total. The summed E-state index contributed by atoms with van der Waals surface area (Å²) in [5, 5.41) is 16.9. The SMILES string of the molecule is CCN1CCC(c2ccc(C(=O)Nc3cc(Nc4cc5ccn(C)c5cc4C#N)ccn3)cc2)CC1. The molecule has 0 spiro atoms. The normalized spacial score (nSPS) is 14.5. The Morgan fingerprint density at radius 2 is 1.89 bits per heavy atom. The number of amides is 1. The number of hydrogen-bond acceptors (Lipinski definition) is 5. The van der Waals surface area contributed by atoms with E-state index in [0.717, 1.165) is 49.1 Å². The maximum Gasteiger partial charge on any atom is 0.256 e. The second-order valence-corrected chi connectivity index (χ2v) is 9.33. The lowest BCUT2D eigenvalue weighted by molar-refractivity contribution is 0.102. The van der Waals surface area contributed by atoms with Gasteiger partial charge in [-0.05, 0) is 80.4 Å². The van der Waals surface area contributed by atoms with Gasteiger partial charge in [0, 0.05) is 47.7 Å². The van der Waals surface area contributed by atoms with Gasteiger partial charge in [0.05, 0.1) is 11.3 Å². The Hall–Kier alpha value is -4.15. The zero-order valence-corrected chi connectivity index (χ0v) is 20.7. The minimum absolute atomic E-state index is 0.199. The summed E-state index contributed by atoms with van der Waals surface area (Å²) in [6.45, 7) is 5.59. The van der Waals surface area contributed by atoms with Crippen molar-refractivity contribution in [1.29, 1.82) is 5.26 Å². The minimum atomic E-state index is -0.199. The lowest BCUT2D eigenvalue weighted by Crippen LogP contribution is -2.32. The summed E-state index contributed by atoms with van der Waals surface area (Å²) in [6.07, 6.45) is 5.93. The third-order valence-electron chi connectivity index (χ3n) is 7.10. The van der Waals surface area contributed by atoms with Gasteiger partial charge < -0.3 is 20.1 Å². The zero-order chi connectivity index (χ0) is 25.1. The van der Waals surface area contributed by atoms with Gasteiger partial charge in [0.15, 0.2) is 0 Å². The zero-order valence-electron chi connectivity index (χ0n) is 20.7. The lowest BCUT2D eigenvalue weighted by atomic mass is 9.89. The smallest absolute Gasteiger partial charge is 0.256 e. The van der Waals surface area contributed by atoms with Crippen molar-refractivity contribution in [2.45, 2.75) is 25.7 Å². The minimum Gasteiger partial charge on any atom is -0.354 e. The van der Waals surface area contributed by atoms with Crippen LogP contribution < -0.4 is 10.6 Å². The molecule has 2 aromatic carbocycles. The largest absolute Gasteiger partial charge is 0.354 e. The Balaban J connectivity index is 1.27. The van der Waals surface area contributed by atoms with Crippen LogP contribution in [0.1, 0.15) is 47.2 Å². The van der Waals surface area contributed by atoms with Crippen LogP contribution in [0.25, 0.3) is 10.9 Å². The van der Waals surface area contributed by atoms with E-state index >= 15 is 0 Å². The number of benzene rings is 2. The fourth-order valence-corrected chi connectivity index (χ4v) is 4.92. The standard InChI is InChI=1S/C29H30N6O/c1-3-35-14-10-21(11-15-35)20-4-6-22(7-5-20)29(36)33-28-18-25(8-12-31-28)32-26-16-23-9-13-34(2)27(23)17-24(26)19-30/h4-9,12-13,16-18,21H,3,10-11,14-15H2,1-2H3,(H2,31,32,33,36). The molecule has 4 aromatic rings. The number of rotatable bonds is 6. The van der Waals surface area contributed by atoms with E-state index < -0.39 is 0 Å². The number of carbonyl (C=O) groups excluding carboxylic acids is 1. The van der Waals surface area contributed by atoms with Gasteiger partial charge in [-0.25, -0.2) is 4.98 Å². The van der Waals surface area contributed by atoms with E-state index in [9.17, 15) is 10.1 Å². The number of anilines is 3. The molecule has 7 heteroatoms. The Bertz CT molecular complexity index is 1420. The molecular weight excluding hydrogens is 448 g/mol. The second kappa shape index (κ2) is 10.2. The van der Waals surface area contributed by atoms with Gasteiger partial charge in [0.1, 0.15) is 11.9 Å². The van der Waals surface area contributed by atoms with Gasteiger partial charge in [-0.1, -0.05) is 19.1 Å². The highest BCUT2D eigenvalue weighted by Crippen LogP contribution is 2.29. The molecular formula is C29H30N6O. The van der Waals surface area contributed by atoms with Crippen LogP contribution in [0.4, 0.5) is 17.2 Å². The number of aryl methyl sites for hydroxylation is 1. The molecule has 1 amide bonds. The van der Waals surface area contributed by atoms with Gasteiger partial charge in [0.2, 0.25) is 0 Å². The number of fused-ring (bicyclic) bond motifs is 1. The van der Waals surface area contributed by atoms with Gasteiger partial charge in [-0.15, -0.1) is 0 Å². The van der Waals surface area contributed by atoms with Crippen LogP contribution in [0.5, 0.6) is 0 Å². The number of nitrogens with zero attached hydrogens (tertiary/aromatic N) is 4. The molecule has 36 heavy (non-hydrogen) atoms. The molecule has 0 saturated carbocycles. The first kappa shape index (κ1) is 23.6. The van der Waals surface area contributed by atoms with Crippen molar-refractivity contribution in [2.75, 3.05) is 30.3 Å². The quantitative estimate of drug-likeness (QED) is 0.375. The first-order valence-electron chi connectivity index (χ1n) is 12.4. The maximum atomic E-state index is 12.9. The maximum absolute atomic E-state index is 12.9. The molecule has 0 bridgehead atoms. The fraction of sp³-hybridized carbons (Fsp3) is 0.276. The highest BCUT2D eigenvalue weighted by atomic mass is 16.1. The lowest BCUT2D eigenvalue weighted by Gasteiger charge is -2.31. The first-order valence-corrected chi connectivity index (χ1v) is 12.4. The van der Waals surface area contributed by atoms with Crippen LogP contribution in [0.15, 0.2) is 67.0 Å². The number of pyridine rings is 1. The molecule has 1 aliphatic rings. The number of nitriles is 1. The highest BCUT2D eigenvalue weighted by molar-refractivity contribution is 6.04. The third-order valence-corrected chi connectivity index (χ3v) is 7.10. The van der Waals surface area contributed by atoms with E-state index in [0.29, 0.717) is 28.6 Å². The van der Waals surface area contributed by atoms with Gasteiger partial charge in [-0.2, -0.15) is 5.26 Å². The van der Waals surface area contributed by atoms with Gasteiger partial charge in [-0.3, -0.25) is 4.79 Å². The van der Waals surface area contributed by atoms with Gasteiger partial charge in [0.25, 0.3) is 5.91 Å². The van der Waals surface area contributed by atoms with Crippen LogP contribution in [0, 0.1) is 11.3 Å². The summed E-state index contributed by atoms with van der Waals surface area (Å²) in [5.74, 6) is 0.804. The molecule has 0 atom stereocenters. The van der Waals surface area contributed by atoms with Crippen LogP contribution >= 0.6 is 0 Å². The van der Waals surface area contributed by atoms with Crippen LogP contribution in [-0.2, 0) is 7.05 Å². The van der Waals surface area contributed by atoms with E-state index in [2.05, 4.69) is 45.6 Å². The topological polar surface area (TPSA) is 86.0 Å². The van der Waals surface area contributed by atoms with Crippen molar-refractivity contribution in [3.63, 3.8) is 0 Å². The van der Waals surface area contributed by atoms with Crippen molar-refractivity contribution in [3.8, 4) is 6.07 Å². The summed E-state index contributed by atoms with van der Waals surface area (Å²) in [6, 6.07) is 19.6. The van der Waals surface area contributed by atoms with Crippen molar-refractivity contribution in [2.24, 2.45) is 7.05 Å². The second-order valence-electron chi connectivity index (χ2n) is 9.33.